The van der Waals surface area contributed by atoms with Crippen LogP contribution < -0.4 is 5.73 Å². The first-order chi connectivity index (χ1) is 9.97. The molecule has 1 atom stereocenters. The maximum atomic E-state index is 12.7. The normalized spacial score (nSPS) is 19.6. The lowest BCUT2D eigenvalue weighted by Crippen LogP contribution is -2.53. The molecule has 1 aromatic carbocycles. The highest BCUT2D eigenvalue weighted by atomic mass is 35.5. The monoisotopic (exact) mass is 355 g/mol. The van der Waals surface area contributed by atoms with Crippen LogP contribution in [0.3, 0.4) is 0 Å². The molecule has 1 amide bonds. The van der Waals surface area contributed by atoms with E-state index in [4.69, 9.17) is 5.73 Å². The minimum atomic E-state index is -0.0354. The van der Waals surface area contributed by atoms with Crippen LogP contribution in [0.25, 0.3) is 10.9 Å². The second-order valence-electron chi connectivity index (χ2n) is 6.52. The summed E-state index contributed by atoms with van der Waals surface area (Å²) in [6, 6.07) is 9.71. The zero-order valence-corrected chi connectivity index (χ0v) is 15.0. The van der Waals surface area contributed by atoms with Crippen LogP contribution in [0.1, 0.15) is 30.6 Å². The van der Waals surface area contributed by atoms with Crippen LogP contribution in [0.5, 0.6) is 0 Å². The average molecular weight is 356 g/mol. The molecule has 0 radical (unpaired) electrons. The van der Waals surface area contributed by atoms with E-state index in [1.807, 2.05) is 35.2 Å². The molecular formula is C17H23Cl2N3O. The Morgan fingerprint density at radius 3 is 2.74 bits per heavy atom. The molecule has 2 aromatic rings. The number of nitrogens with two attached hydrogens (primary N) is 1. The number of nitrogens with zero attached hydrogens (tertiary/aromatic N) is 2. The number of carbonyl (C=O) groups is 1. The molecule has 1 saturated heterocycles. The third-order valence-electron chi connectivity index (χ3n) is 4.45. The third kappa shape index (κ3) is 3.94. The third-order valence-corrected chi connectivity index (χ3v) is 4.45. The van der Waals surface area contributed by atoms with E-state index in [1.54, 1.807) is 6.20 Å². The Bertz CT molecular complexity index is 690. The molecule has 23 heavy (non-hydrogen) atoms. The highest BCUT2D eigenvalue weighted by molar-refractivity contribution is 5.98. The Balaban J connectivity index is 0.00000132. The summed E-state index contributed by atoms with van der Waals surface area (Å²) in [5, 5.41) is 0.997. The molecule has 4 nitrogen and oxygen atoms in total. The molecule has 2 heterocycles. The fourth-order valence-corrected chi connectivity index (χ4v) is 2.94. The van der Waals surface area contributed by atoms with Crippen molar-refractivity contribution in [2.75, 3.05) is 13.1 Å². The Labute approximate surface area is 149 Å². The van der Waals surface area contributed by atoms with Gasteiger partial charge in [0, 0.05) is 36.3 Å². The minimum Gasteiger partial charge on any atom is -0.338 e. The van der Waals surface area contributed by atoms with Crippen molar-refractivity contribution in [1.82, 2.24) is 9.88 Å². The van der Waals surface area contributed by atoms with Gasteiger partial charge in [0.1, 0.15) is 0 Å². The van der Waals surface area contributed by atoms with E-state index >= 15 is 0 Å². The van der Waals surface area contributed by atoms with Crippen LogP contribution in [0.2, 0.25) is 0 Å². The van der Waals surface area contributed by atoms with Crippen molar-refractivity contribution in [3.8, 4) is 0 Å². The SMILES string of the molecule is CC1(C)CN(C(=O)c2ccc3ncccc3c2)CCC1N.Cl.Cl. The summed E-state index contributed by atoms with van der Waals surface area (Å²) in [5.74, 6) is 0.0840. The van der Waals surface area contributed by atoms with Crippen molar-refractivity contribution < 1.29 is 4.79 Å². The Morgan fingerprint density at radius 1 is 1.30 bits per heavy atom. The van der Waals surface area contributed by atoms with Crippen LogP contribution in [0.4, 0.5) is 0 Å². The van der Waals surface area contributed by atoms with Crippen LogP contribution in [-0.4, -0.2) is 34.9 Å². The van der Waals surface area contributed by atoms with Crippen molar-refractivity contribution in [3.63, 3.8) is 0 Å². The maximum Gasteiger partial charge on any atom is 0.253 e. The first-order valence-corrected chi connectivity index (χ1v) is 7.37. The summed E-state index contributed by atoms with van der Waals surface area (Å²) in [7, 11) is 0. The predicted octanol–water partition coefficient (Wildman–Crippen LogP) is 3.28. The van der Waals surface area contributed by atoms with Gasteiger partial charge in [-0.1, -0.05) is 19.9 Å². The molecule has 2 N–H and O–H groups in total. The van der Waals surface area contributed by atoms with Gasteiger partial charge in [-0.3, -0.25) is 9.78 Å². The van der Waals surface area contributed by atoms with Crippen LogP contribution in [-0.2, 0) is 0 Å². The van der Waals surface area contributed by atoms with Crippen molar-refractivity contribution >= 4 is 41.6 Å². The van der Waals surface area contributed by atoms with Gasteiger partial charge in [0.25, 0.3) is 5.91 Å². The Hall–Kier alpha value is -1.36. The molecule has 0 bridgehead atoms. The second kappa shape index (κ2) is 7.47. The molecule has 0 saturated carbocycles. The summed E-state index contributed by atoms with van der Waals surface area (Å²) >= 11 is 0. The predicted molar refractivity (Wildman–Crippen MR) is 98.5 cm³/mol. The number of carbonyl (C=O) groups excluding carboxylic acids is 1. The van der Waals surface area contributed by atoms with Gasteiger partial charge in [-0.25, -0.2) is 0 Å². The summed E-state index contributed by atoms with van der Waals surface area (Å²) < 4.78 is 0. The summed E-state index contributed by atoms with van der Waals surface area (Å²) in [5.41, 5.74) is 7.74. The summed E-state index contributed by atoms with van der Waals surface area (Å²) in [6.07, 6.45) is 2.62. The molecular weight excluding hydrogens is 333 g/mol. The fraction of sp³-hybridized carbons (Fsp3) is 0.412. The second-order valence-corrected chi connectivity index (χ2v) is 6.52. The van der Waals surface area contributed by atoms with E-state index in [9.17, 15) is 4.79 Å². The number of halogens is 2. The first kappa shape index (κ1) is 19.7. The van der Waals surface area contributed by atoms with Gasteiger partial charge in [-0.2, -0.15) is 0 Å². The highest BCUT2D eigenvalue weighted by Gasteiger charge is 2.35. The number of amides is 1. The molecule has 1 fully saturated rings. The summed E-state index contributed by atoms with van der Waals surface area (Å²) in [6.45, 7) is 5.69. The van der Waals surface area contributed by atoms with E-state index in [0.717, 1.165) is 29.4 Å². The number of benzene rings is 1. The van der Waals surface area contributed by atoms with E-state index in [1.165, 1.54) is 0 Å². The van der Waals surface area contributed by atoms with Crippen LogP contribution >= 0.6 is 24.8 Å². The van der Waals surface area contributed by atoms with Crippen molar-refractivity contribution in [3.05, 3.63) is 42.1 Å². The lowest BCUT2D eigenvalue weighted by atomic mass is 9.79. The standard InChI is InChI=1S/C17H21N3O.2ClH/c1-17(2)11-20(9-7-15(17)18)16(21)13-5-6-14-12(10-13)4-3-8-19-14;;/h3-6,8,10,15H,7,9,11,18H2,1-2H3;2*1H. The average Bonchev–Trinajstić information content (AvgIpc) is 2.48. The topological polar surface area (TPSA) is 59.2 Å². The quantitative estimate of drug-likeness (QED) is 0.853. The molecule has 126 valence electrons. The molecule has 1 aromatic heterocycles. The number of rotatable bonds is 1. The number of piperidine rings is 1. The van der Waals surface area contributed by atoms with Gasteiger partial charge in [-0.15, -0.1) is 24.8 Å². The Kier molecular flexibility index (Phi) is 6.40. The number of aromatic nitrogens is 1. The Morgan fingerprint density at radius 2 is 2.04 bits per heavy atom. The van der Waals surface area contributed by atoms with Gasteiger partial charge in [-0.05, 0) is 36.1 Å². The smallest absolute Gasteiger partial charge is 0.253 e. The zero-order chi connectivity index (χ0) is 15.0. The number of hydrogen-bond acceptors (Lipinski definition) is 3. The van der Waals surface area contributed by atoms with Gasteiger partial charge >= 0.3 is 0 Å². The molecule has 3 rings (SSSR count). The maximum absolute atomic E-state index is 12.7. The fourth-order valence-electron chi connectivity index (χ4n) is 2.94. The van der Waals surface area contributed by atoms with Gasteiger partial charge in [0.2, 0.25) is 0 Å². The van der Waals surface area contributed by atoms with Gasteiger partial charge in [0.05, 0.1) is 5.52 Å². The molecule has 1 unspecified atom stereocenters. The van der Waals surface area contributed by atoms with E-state index in [-0.39, 0.29) is 42.2 Å². The zero-order valence-electron chi connectivity index (χ0n) is 13.4. The lowest BCUT2D eigenvalue weighted by molar-refractivity contribution is 0.0533. The van der Waals surface area contributed by atoms with Crippen LogP contribution in [0, 0.1) is 5.41 Å². The van der Waals surface area contributed by atoms with Gasteiger partial charge in [0.15, 0.2) is 0 Å². The molecule has 0 aliphatic carbocycles. The number of hydrogen-bond donors (Lipinski definition) is 1. The summed E-state index contributed by atoms with van der Waals surface area (Å²) in [4.78, 5) is 18.9. The van der Waals surface area contributed by atoms with Crippen molar-refractivity contribution in [2.24, 2.45) is 11.1 Å². The van der Waals surface area contributed by atoms with E-state index in [2.05, 4.69) is 18.8 Å². The molecule has 1 aliphatic rings. The largest absolute Gasteiger partial charge is 0.338 e. The highest BCUT2D eigenvalue weighted by Crippen LogP contribution is 2.28. The lowest BCUT2D eigenvalue weighted by Gasteiger charge is -2.42. The first-order valence-electron chi connectivity index (χ1n) is 7.37. The van der Waals surface area contributed by atoms with Crippen molar-refractivity contribution in [2.45, 2.75) is 26.3 Å². The van der Waals surface area contributed by atoms with Gasteiger partial charge < -0.3 is 10.6 Å². The van der Waals surface area contributed by atoms with E-state index < -0.39 is 0 Å². The number of fused-ring (bicyclic) bond motifs is 1. The number of likely N-dealkylation sites (tertiary alicyclic amines) is 1. The van der Waals surface area contributed by atoms with Crippen LogP contribution in [0.15, 0.2) is 36.5 Å². The molecule has 1 aliphatic heterocycles. The van der Waals surface area contributed by atoms with E-state index in [0.29, 0.717) is 6.54 Å². The van der Waals surface area contributed by atoms with Crippen molar-refractivity contribution in [1.29, 1.82) is 0 Å². The minimum absolute atomic E-state index is 0. The molecule has 0 spiro atoms. The number of pyridine rings is 1. The molecule has 6 heteroatoms.